The second-order valence-electron chi connectivity index (χ2n) is 7.40. The van der Waals surface area contributed by atoms with Gasteiger partial charge in [0.05, 0.1) is 19.0 Å². The normalized spacial score (nSPS) is 11.2. The van der Waals surface area contributed by atoms with E-state index in [1.54, 1.807) is 19.5 Å². The van der Waals surface area contributed by atoms with Crippen LogP contribution in [0.5, 0.6) is 5.75 Å². The molecule has 0 aliphatic carbocycles. The van der Waals surface area contributed by atoms with Gasteiger partial charge in [0.15, 0.2) is 5.78 Å². The van der Waals surface area contributed by atoms with Crippen LogP contribution in [0.1, 0.15) is 28.4 Å². The minimum atomic E-state index is -0.0342. The van der Waals surface area contributed by atoms with Crippen LogP contribution in [0, 0.1) is 0 Å². The van der Waals surface area contributed by atoms with Crippen LogP contribution in [0.25, 0.3) is 21.9 Å². The molecule has 3 N–H and O–H groups in total. The Morgan fingerprint density at radius 2 is 1.94 bits per heavy atom. The molecule has 0 saturated heterocycles. The molecule has 3 heterocycles. The van der Waals surface area contributed by atoms with E-state index < -0.39 is 0 Å². The predicted octanol–water partition coefficient (Wildman–Crippen LogP) is 5.59. The number of ketones is 1. The number of hydrogen-bond donors (Lipinski definition) is 3. The van der Waals surface area contributed by atoms with Crippen molar-refractivity contribution in [1.29, 1.82) is 0 Å². The lowest BCUT2D eigenvalue weighted by Gasteiger charge is -2.11. The summed E-state index contributed by atoms with van der Waals surface area (Å²) in [5.74, 6) is 0.840. The van der Waals surface area contributed by atoms with Gasteiger partial charge in [-0.1, -0.05) is 19.1 Å². The van der Waals surface area contributed by atoms with Gasteiger partial charge in [-0.3, -0.25) is 4.79 Å². The third-order valence-corrected chi connectivity index (χ3v) is 5.57. The number of pyridine rings is 1. The summed E-state index contributed by atoms with van der Waals surface area (Å²) in [6.45, 7) is 2.10. The number of hydrogen-bond acceptors (Lipinski definition) is 4. The number of nitrogens with zero attached hydrogens (tertiary/aromatic N) is 1. The molecule has 0 unspecified atom stereocenters. The molecule has 0 aliphatic rings. The highest BCUT2D eigenvalue weighted by Gasteiger charge is 2.18. The standard InChI is InChI=1S/C25H22N4O2/c1-3-15-11-16(7-8-23(15)31-2)29-17-12-20-21(14-28-25(20)27-13-17)24(30)19-5-4-6-22-18(19)9-10-26-22/h4-14,26,29H,3H2,1-2H3,(H,27,28). The van der Waals surface area contributed by atoms with Crippen LogP contribution in [-0.4, -0.2) is 27.8 Å². The maximum atomic E-state index is 13.4. The minimum absolute atomic E-state index is 0.0342. The quantitative estimate of drug-likeness (QED) is 0.319. The molecule has 0 fully saturated rings. The maximum Gasteiger partial charge on any atom is 0.195 e. The summed E-state index contributed by atoms with van der Waals surface area (Å²) in [6, 6.07) is 15.6. The lowest BCUT2D eigenvalue weighted by molar-refractivity contribution is 0.104. The van der Waals surface area contributed by atoms with Crippen LogP contribution in [-0.2, 0) is 6.42 Å². The Bertz CT molecular complexity index is 1410. The summed E-state index contributed by atoms with van der Waals surface area (Å²) in [5.41, 5.74) is 5.77. The third-order valence-electron chi connectivity index (χ3n) is 5.57. The number of ether oxygens (including phenoxy) is 1. The van der Waals surface area contributed by atoms with E-state index in [1.807, 2.05) is 48.7 Å². The van der Waals surface area contributed by atoms with Gasteiger partial charge in [-0.05, 0) is 48.4 Å². The number of benzene rings is 2. The van der Waals surface area contributed by atoms with Crippen molar-refractivity contribution in [2.45, 2.75) is 13.3 Å². The molecule has 5 aromatic rings. The van der Waals surface area contributed by atoms with Gasteiger partial charge in [0, 0.05) is 45.5 Å². The lowest BCUT2D eigenvalue weighted by atomic mass is 10.00. The third kappa shape index (κ3) is 3.32. The van der Waals surface area contributed by atoms with Crippen molar-refractivity contribution in [2.24, 2.45) is 0 Å². The summed E-state index contributed by atoms with van der Waals surface area (Å²) in [7, 11) is 1.68. The SMILES string of the molecule is CCc1cc(Nc2cnc3[nH]cc(C(=O)c4cccc5[nH]ccc45)c3c2)ccc1OC. The van der Waals surface area contributed by atoms with Gasteiger partial charge in [-0.25, -0.2) is 4.98 Å². The number of carbonyl (C=O) groups excluding carboxylic acids is 1. The predicted molar refractivity (Wildman–Crippen MR) is 123 cm³/mol. The van der Waals surface area contributed by atoms with Crippen molar-refractivity contribution in [3.63, 3.8) is 0 Å². The van der Waals surface area contributed by atoms with E-state index in [0.29, 0.717) is 16.8 Å². The fourth-order valence-electron chi connectivity index (χ4n) is 3.99. The van der Waals surface area contributed by atoms with Crippen molar-refractivity contribution in [3.05, 3.63) is 83.8 Å². The zero-order valence-electron chi connectivity index (χ0n) is 17.3. The van der Waals surface area contributed by atoms with Gasteiger partial charge in [0.25, 0.3) is 0 Å². The van der Waals surface area contributed by atoms with Crippen molar-refractivity contribution in [2.75, 3.05) is 12.4 Å². The van der Waals surface area contributed by atoms with Crippen LogP contribution >= 0.6 is 0 Å². The van der Waals surface area contributed by atoms with Crippen LogP contribution in [0.15, 0.2) is 67.1 Å². The molecule has 0 saturated carbocycles. The summed E-state index contributed by atoms with van der Waals surface area (Å²) < 4.78 is 5.41. The first-order valence-electron chi connectivity index (χ1n) is 10.2. The Morgan fingerprint density at radius 3 is 2.77 bits per heavy atom. The Balaban J connectivity index is 1.52. The average molecular weight is 410 g/mol. The zero-order valence-corrected chi connectivity index (χ0v) is 17.3. The molecule has 5 rings (SSSR count). The van der Waals surface area contributed by atoms with E-state index in [4.69, 9.17) is 4.74 Å². The van der Waals surface area contributed by atoms with Crippen LogP contribution in [0.2, 0.25) is 0 Å². The van der Waals surface area contributed by atoms with Gasteiger partial charge in [-0.2, -0.15) is 0 Å². The smallest absolute Gasteiger partial charge is 0.195 e. The number of H-pyrrole nitrogens is 2. The molecule has 0 spiro atoms. The summed E-state index contributed by atoms with van der Waals surface area (Å²) >= 11 is 0. The highest BCUT2D eigenvalue weighted by molar-refractivity contribution is 6.21. The van der Waals surface area contributed by atoms with Gasteiger partial charge in [0.1, 0.15) is 11.4 Å². The number of carbonyl (C=O) groups is 1. The highest BCUT2D eigenvalue weighted by Crippen LogP contribution is 2.29. The van der Waals surface area contributed by atoms with Gasteiger partial charge < -0.3 is 20.0 Å². The molecule has 0 amide bonds. The molecule has 2 aromatic carbocycles. The van der Waals surface area contributed by atoms with Crippen molar-refractivity contribution >= 4 is 39.1 Å². The second kappa shape index (κ2) is 7.65. The van der Waals surface area contributed by atoms with Crippen LogP contribution < -0.4 is 10.1 Å². The van der Waals surface area contributed by atoms with E-state index in [0.717, 1.165) is 45.4 Å². The molecule has 3 aromatic heterocycles. The van der Waals surface area contributed by atoms with Crippen molar-refractivity contribution in [1.82, 2.24) is 15.0 Å². The van der Waals surface area contributed by atoms with Crippen LogP contribution in [0.4, 0.5) is 11.4 Å². The van der Waals surface area contributed by atoms with E-state index in [-0.39, 0.29) is 5.78 Å². The summed E-state index contributed by atoms with van der Waals surface area (Å²) in [5, 5.41) is 5.09. The number of fused-ring (bicyclic) bond motifs is 2. The molecule has 0 radical (unpaired) electrons. The number of nitrogens with one attached hydrogen (secondary N) is 3. The Hall–Kier alpha value is -4.06. The lowest BCUT2D eigenvalue weighted by Crippen LogP contribution is -2.01. The largest absolute Gasteiger partial charge is 0.496 e. The van der Waals surface area contributed by atoms with Gasteiger partial charge in [-0.15, -0.1) is 0 Å². The average Bonchev–Trinajstić information content (AvgIpc) is 3.45. The monoisotopic (exact) mass is 410 g/mol. The first-order valence-corrected chi connectivity index (χ1v) is 10.2. The number of aromatic nitrogens is 3. The molecule has 154 valence electrons. The number of aromatic amines is 2. The minimum Gasteiger partial charge on any atom is -0.496 e. The van der Waals surface area contributed by atoms with Gasteiger partial charge in [0.2, 0.25) is 0 Å². The second-order valence-corrected chi connectivity index (χ2v) is 7.40. The maximum absolute atomic E-state index is 13.4. The molecule has 0 bridgehead atoms. The molecular formula is C25H22N4O2. The molecule has 6 heteroatoms. The molecule has 0 aliphatic heterocycles. The topological polar surface area (TPSA) is 82.8 Å². The fourth-order valence-corrected chi connectivity index (χ4v) is 3.99. The number of methoxy groups -OCH3 is 1. The van der Waals surface area contributed by atoms with E-state index in [2.05, 4.69) is 33.3 Å². The molecule has 6 nitrogen and oxygen atoms in total. The fraction of sp³-hybridized carbons (Fsp3) is 0.120. The molecule has 0 atom stereocenters. The Morgan fingerprint density at radius 1 is 1.03 bits per heavy atom. The summed E-state index contributed by atoms with van der Waals surface area (Å²) in [6.07, 6.45) is 6.21. The van der Waals surface area contributed by atoms with E-state index >= 15 is 0 Å². The number of rotatable bonds is 6. The van der Waals surface area contributed by atoms with Crippen molar-refractivity contribution in [3.8, 4) is 5.75 Å². The first kappa shape index (κ1) is 18.9. The van der Waals surface area contributed by atoms with Crippen LogP contribution in [0.3, 0.4) is 0 Å². The number of anilines is 2. The molecule has 31 heavy (non-hydrogen) atoms. The first-order chi connectivity index (χ1) is 15.2. The van der Waals surface area contributed by atoms with Crippen molar-refractivity contribution < 1.29 is 9.53 Å². The highest BCUT2D eigenvalue weighted by atomic mass is 16.5. The number of aryl methyl sites for hydroxylation is 1. The Kier molecular flexibility index (Phi) is 4.67. The van der Waals surface area contributed by atoms with E-state index in [9.17, 15) is 4.79 Å². The van der Waals surface area contributed by atoms with Gasteiger partial charge >= 0.3 is 0 Å². The van der Waals surface area contributed by atoms with E-state index in [1.165, 1.54) is 0 Å². The zero-order chi connectivity index (χ0) is 21.4. The molecular weight excluding hydrogens is 388 g/mol. The summed E-state index contributed by atoms with van der Waals surface area (Å²) in [4.78, 5) is 24.1. The Labute approximate surface area is 179 Å².